The van der Waals surface area contributed by atoms with Crippen molar-refractivity contribution in [1.82, 2.24) is 9.88 Å². The van der Waals surface area contributed by atoms with Crippen molar-refractivity contribution in [2.24, 2.45) is 0 Å². The summed E-state index contributed by atoms with van der Waals surface area (Å²) in [4.78, 5) is 6.00. The third kappa shape index (κ3) is 6.27. The number of benzene rings is 3. The van der Waals surface area contributed by atoms with Gasteiger partial charge in [-0.15, -0.1) is 12.4 Å². The second kappa shape index (κ2) is 10.9. The molecule has 0 aliphatic rings. The predicted molar refractivity (Wildman–Crippen MR) is 139 cm³/mol. The highest BCUT2D eigenvalue weighted by molar-refractivity contribution is 9.10. The Kier molecular flexibility index (Phi) is 8.49. The molecule has 0 radical (unpaired) electrons. The van der Waals surface area contributed by atoms with Crippen LogP contribution in [0.3, 0.4) is 0 Å². The van der Waals surface area contributed by atoms with Gasteiger partial charge in [-0.3, -0.25) is 4.90 Å². The molecule has 1 aromatic heterocycles. The Bertz CT molecular complexity index is 1090. The number of fused-ring (bicyclic) bond motifs is 1. The summed E-state index contributed by atoms with van der Waals surface area (Å²) in [5, 5.41) is 2.82. The van der Waals surface area contributed by atoms with Gasteiger partial charge in [-0.1, -0.05) is 63.4 Å². The summed E-state index contributed by atoms with van der Waals surface area (Å²) in [6.07, 6.45) is 0.976. The van der Waals surface area contributed by atoms with Crippen LogP contribution in [0.2, 0.25) is 10.0 Å². The van der Waals surface area contributed by atoms with Gasteiger partial charge in [0.2, 0.25) is 0 Å². The van der Waals surface area contributed by atoms with Gasteiger partial charge >= 0.3 is 0 Å². The average Bonchev–Trinajstić information content (AvgIpc) is 3.04. The molecule has 31 heavy (non-hydrogen) atoms. The van der Waals surface area contributed by atoms with Gasteiger partial charge in [0.1, 0.15) is 0 Å². The Morgan fingerprint density at radius 1 is 0.839 bits per heavy atom. The van der Waals surface area contributed by atoms with Crippen LogP contribution >= 0.6 is 51.5 Å². The van der Waals surface area contributed by atoms with Crippen molar-refractivity contribution in [2.45, 2.75) is 26.4 Å². The molecule has 6 heteroatoms. The third-order valence-corrected chi connectivity index (χ3v) is 6.40. The third-order valence-electron chi connectivity index (χ3n) is 5.40. The lowest BCUT2D eigenvalue weighted by Crippen LogP contribution is -2.25. The van der Waals surface area contributed by atoms with E-state index >= 15 is 0 Å². The average molecular weight is 539 g/mol. The minimum Gasteiger partial charge on any atom is -0.358 e. The summed E-state index contributed by atoms with van der Waals surface area (Å²) in [7, 11) is 0. The van der Waals surface area contributed by atoms with Crippen LogP contribution < -0.4 is 0 Å². The van der Waals surface area contributed by atoms with E-state index in [2.05, 4.69) is 75.2 Å². The number of H-pyrrole nitrogens is 1. The fraction of sp³-hybridized carbons (Fsp3) is 0.200. The molecule has 3 aromatic carbocycles. The SMILES string of the molecule is Cc1[nH]c2ccc(Br)cc2c1CCN(Cc1ccc(Cl)cc1)Cc1ccc(Cl)cc1.Cl. The van der Waals surface area contributed by atoms with Crippen LogP contribution in [-0.2, 0) is 19.5 Å². The van der Waals surface area contributed by atoms with Crippen LogP contribution in [0.25, 0.3) is 10.9 Å². The van der Waals surface area contributed by atoms with Gasteiger partial charge in [-0.2, -0.15) is 0 Å². The first-order chi connectivity index (χ1) is 14.5. The first-order valence-electron chi connectivity index (χ1n) is 9.96. The van der Waals surface area contributed by atoms with Crippen LogP contribution in [0.15, 0.2) is 71.2 Å². The topological polar surface area (TPSA) is 19.0 Å². The Balaban J connectivity index is 0.00000272. The number of aryl methyl sites for hydroxylation is 1. The van der Waals surface area contributed by atoms with E-state index in [4.69, 9.17) is 23.2 Å². The number of nitrogens with zero attached hydrogens (tertiary/aromatic N) is 1. The van der Waals surface area contributed by atoms with Crippen molar-refractivity contribution < 1.29 is 0 Å². The number of aromatic amines is 1. The van der Waals surface area contributed by atoms with Gasteiger partial charge in [-0.05, 0) is 72.5 Å². The van der Waals surface area contributed by atoms with Crippen LogP contribution in [0.5, 0.6) is 0 Å². The molecule has 0 saturated carbocycles. The fourth-order valence-electron chi connectivity index (χ4n) is 3.86. The maximum atomic E-state index is 6.07. The molecule has 162 valence electrons. The Morgan fingerprint density at radius 2 is 1.39 bits per heavy atom. The first-order valence-corrected chi connectivity index (χ1v) is 11.5. The molecular formula is C25H24BrCl3N2. The largest absolute Gasteiger partial charge is 0.358 e. The second-order valence-electron chi connectivity index (χ2n) is 7.63. The zero-order chi connectivity index (χ0) is 21.1. The molecule has 0 amide bonds. The molecule has 0 unspecified atom stereocenters. The second-order valence-corrected chi connectivity index (χ2v) is 9.42. The standard InChI is InChI=1S/C25H23BrCl2N2.ClH/c1-17-23(24-14-20(26)6-11-25(24)29-17)12-13-30(15-18-2-7-21(27)8-3-18)16-19-4-9-22(28)10-5-19;/h2-11,14,29H,12-13,15-16H2,1H3;1H. The molecule has 1 heterocycles. The lowest BCUT2D eigenvalue weighted by Gasteiger charge is -2.23. The number of nitrogens with one attached hydrogen (secondary N) is 1. The molecule has 0 aliphatic heterocycles. The van der Waals surface area contributed by atoms with Crippen LogP contribution in [-0.4, -0.2) is 16.4 Å². The molecule has 0 spiro atoms. The summed E-state index contributed by atoms with van der Waals surface area (Å²) in [6, 6.07) is 22.7. The van der Waals surface area contributed by atoms with E-state index in [1.165, 1.54) is 33.3 Å². The lowest BCUT2D eigenvalue weighted by molar-refractivity contribution is 0.260. The van der Waals surface area contributed by atoms with E-state index in [1.807, 2.05) is 24.3 Å². The molecule has 1 N–H and O–H groups in total. The maximum absolute atomic E-state index is 6.07. The summed E-state index contributed by atoms with van der Waals surface area (Å²) in [5.41, 5.74) is 6.32. The highest BCUT2D eigenvalue weighted by Crippen LogP contribution is 2.26. The Labute approximate surface area is 208 Å². The highest BCUT2D eigenvalue weighted by Gasteiger charge is 2.13. The quantitative estimate of drug-likeness (QED) is 0.251. The van der Waals surface area contributed by atoms with E-state index < -0.39 is 0 Å². The molecule has 0 bridgehead atoms. The first kappa shape index (κ1) is 24.2. The number of hydrogen-bond donors (Lipinski definition) is 1. The molecule has 0 atom stereocenters. The van der Waals surface area contributed by atoms with Crippen molar-refractivity contribution in [3.63, 3.8) is 0 Å². The number of hydrogen-bond acceptors (Lipinski definition) is 1. The maximum Gasteiger partial charge on any atom is 0.0459 e. The molecule has 4 rings (SSSR count). The van der Waals surface area contributed by atoms with Gasteiger partial charge in [0, 0.05) is 50.7 Å². The monoisotopic (exact) mass is 536 g/mol. The zero-order valence-electron chi connectivity index (χ0n) is 17.2. The highest BCUT2D eigenvalue weighted by atomic mass is 79.9. The molecule has 0 fully saturated rings. The van der Waals surface area contributed by atoms with Crippen LogP contribution in [0, 0.1) is 6.92 Å². The van der Waals surface area contributed by atoms with Crippen molar-refractivity contribution in [2.75, 3.05) is 6.54 Å². The molecule has 4 aromatic rings. The molecule has 0 saturated heterocycles. The van der Waals surface area contributed by atoms with Crippen LogP contribution in [0.1, 0.15) is 22.4 Å². The van der Waals surface area contributed by atoms with E-state index in [0.717, 1.165) is 40.6 Å². The summed E-state index contributed by atoms with van der Waals surface area (Å²) in [5.74, 6) is 0. The molecule has 2 nitrogen and oxygen atoms in total. The van der Waals surface area contributed by atoms with Crippen molar-refractivity contribution in [3.05, 3.63) is 104 Å². The molecule has 0 aliphatic carbocycles. The molecular weight excluding hydrogens is 515 g/mol. The normalized spacial score (nSPS) is 11.1. The minimum atomic E-state index is 0. The van der Waals surface area contributed by atoms with Crippen molar-refractivity contribution in [1.29, 1.82) is 0 Å². The number of halogens is 4. The van der Waals surface area contributed by atoms with Gasteiger partial charge in [0.15, 0.2) is 0 Å². The van der Waals surface area contributed by atoms with Crippen molar-refractivity contribution >= 4 is 62.4 Å². The predicted octanol–water partition coefficient (Wildman–Crippen LogP) is 8.21. The minimum absolute atomic E-state index is 0. The summed E-state index contributed by atoms with van der Waals surface area (Å²) in [6.45, 7) is 4.84. The van der Waals surface area contributed by atoms with E-state index in [1.54, 1.807) is 0 Å². The fourth-order valence-corrected chi connectivity index (χ4v) is 4.47. The summed E-state index contributed by atoms with van der Waals surface area (Å²) < 4.78 is 1.11. The van der Waals surface area contributed by atoms with Gasteiger partial charge in [0.05, 0.1) is 0 Å². The summed E-state index contributed by atoms with van der Waals surface area (Å²) >= 11 is 15.8. The van der Waals surface area contributed by atoms with E-state index in [-0.39, 0.29) is 12.4 Å². The zero-order valence-corrected chi connectivity index (χ0v) is 21.1. The van der Waals surface area contributed by atoms with E-state index in [9.17, 15) is 0 Å². The smallest absolute Gasteiger partial charge is 0.0459 e. The Morgan fingerprint density at radius 3 is 1.94 bits per heavy atom. The Hall–Kier alpha value is -1.49. The van der Waals surface area contributed by atoms with Gasteiger partial charge < -0.3 is 4.98 Å². The lowest BCUT2D eigenvalue weighted by atomic mass is 10.1. The number of rotatable bonds is 7. The van der Waals surface area contributed by atoms with Gasteiger partial charge in [-0.25, -0.2) is 0 Å². The van der Waals surface area contributed by atoms with Gasteiger partial charge in [0.25, 0.3) is 0 Å². The van der Waals surface area contributed by atoms with E-state index in [0.29, 0.717) is 0 Å². The van der Waals surface area contributed by atoms with Crippen molar-refractivity contribution in [3.8, 4) is 0 Å². The number of aromatic nitrogens is 1. The van der Waals surface area contributed by atoms with Crippen LogP contribution in [0.4, 0.5) is 0 Å².